The normalized spacial score (nSPS) is 17.9. The van der Waals surface area contributed by atoms with E-state index < -0.39 is 4.92 Å². The number of nitrogens with zero attached hydrogens (tertiary/aromatic N) is 1. The maximum atomic E-state index is 12.7. The lowest BCUT2D eigenvalue weighted by molar-refractivity contribution is -0.384. The predicted octanol–water partition coefficient (Wildman–Crippen LogP) is 4.21. The summed E-state index contributed by atoms with van der Waals surface area (Å²) in [6.45, 7) is 8.92. The van der Waals surface area contributed by atoms with E-state index in [0.29, 0.717) is 17.9 Å². The minimum atomic E-state index is -0.430. The van der Waals surface area contributed by atoms with Gasteiger partial charge in [0, 0.05) is 34.8 Å². The van der Waals surface area contributed by atoms with Crippen LogP contribution in [0.4, 0.5) is 5.69 Å². The van der Waals surface area contributed by atoms with Gasteiger partial charge in [-0.05, 0) is 82.5 Å². The number of hydrogen-bond donors (Lipinski definition) is 2. The second-order valence-corrected chi connectivity index (χ2v) is 9.21. The third-order valence-corrected chi connectivity index (χ3v) is 5.19. The van der Waals surface area contributed by atoms with Gasteiger partial charge in [-0.1, -0.05) is 0 Å². The van der Waals surface area contributed by atoms with Gasteiger partial charge in [0.1, 0.15) is 12.4 Å². The maximum absolute atomic E-state index is 12.7. The number of nitrogens with one attached hydrogen (secondary N) is 2. The van der Waals surface area contributed by atoms with Crippen LogP contribution in [0.1, 0.15) is 56.5 Å². The van der Waals surface area contributed by atoms with Crippen LogP contribution in [0.15, 0.2) is 48.5 Å². The molecule has 1 aliphatic heterocycles. The Morgan fingerprint density at radius 3 is 2.17 bits per heavy atom. The fraction of sp³-hybridized carbons (Fsp3) is 0.435. The Morgan fingerprint density at radius 1 is 1.07 bits per heavy atom. The van der Waals surface area contributed by atoms with Crippen molar-refractivity contribution < 1.29 is 14.5 Å². The van der Waals surface area contributed by atoms with Gasteiger partial charge in [0.2, 0.25) is 0 Å². The van der Waals surface area contributed by atoms with Crippen LogP contribution >= 0.6 is 0 Å². The van der Waals surface area contributed by atoms with Crippen molar-refractivity contribution in [3.05, 3.63) is 69.8 Å². The largest absolute Gasteiger partial charge is 0.489 e. The van der Waals surface area contributed by atoms with E-state index in [-0.39, 0.29) is 28.7 Å². The fourth-order valence-electron chi connectivity index (χ4n) is 4.28. The van der Waals surface area contributed by atoms with Crippen molar-refractivity contribution in [1.29, 1.82) is 0 Å². The summed E-state index contributed by atoms with van der Waals surface area (Å²) in [5, 5.41) is 17.5. The highest BCUT2D eigenvalue weighted by Gasteiger charge is 2.38. The molecule has 7 heteroatoms. The average molecular weight is 412 g/mol. The summed E-state index contributed by atoms with van der Waals surface area (Å²) in [5.74, 6) is 0.546. The Morgan fingerprint density at radius 2 is 1.63 bits per heavy atom. The zero-order valence-corrected chi connectivity index (χ0v) is 17.9. The molecule has 0 atom stereocenters. The molecule has 1 fully saturated rings. The van der Waals surface area contributed by atoms with Crippen molar-refractivity contribution in [3.63, 3.8) is 0 Å². The summed E-state index contributed by atoms with van der Waals surface area (Å²) in [6, 6.07) is 13.4. The molecule has 0 saturated carbocycles. The van der Waals surface area contributed by atoms with E-state index in [1.807, 2.05) is 0 Å². The van der Waals surface area contributed by atoms with Gasteiger partial charge in [0.05, 0.1) is 4.92 Å². The van der Waals surface area contributed by atoms with Crippen molar-refractivity contribution in [3.8, 4) is 5.75 Å². The number of carbonyl (C=O) groups is 1. The molecule has 1 aliphatic rings. The predicted molar refractivity (Wildman–Crippen MR) is 116 cm³/mol. The van der Waals surface area contributed by atoms with Crippen LogP contribution in [-0.2, 0) is 6.61 Å². The van der Waals surface area contributed by atoms with Crippen LogP contribution in [0, 0.1) is 10.1 Å². The number of hydrogen-bond acceptors (Lipinski definition) is 5. The molecule has 2 aromatic rings. The standard InChI is InChI=1S/C23H29N3O4/c1-22(2)13-18(14-23(3,4)25-22)24-21(27)17-7-11-20(12-8-17)30-15-16-5-9-19(10-6-16)26(28)29/h5-12,18,25H,13-15H2,1-4H3,(H,24,27). The van der Waals surface area contributed by atoms with E-state index >= 15 is 0 Å². The minimum Gasteiger partial charge on any atom is -0.489 e. The first-order chi connectivity index (χ1) is 14.0. The summed E-state index contributed by atoms with van der Waals surface area (Å²) in [5.41, 5.74) is 1.41. The lowest BCUT2D eigenvalue weighted by atomic mass is 9.79. The fourth-order valence-corrected chi connectivity index (χ4v) is 4.28. The zero-order valence-electron chi connectivity index (χ0n) is 17.9. The number of amides is 1. The molecule has 2 aromatic carbocycles. The number of non-ortho nitro benzene ring substituents is 1. The summed E-state index contributed by atoms with van der Waals surface area (Å²) in [7, 11) is 0. The first-order valence-electron chi connectivity index (χ1n) is 10.1. The number of ether oxygens (including phenoxy) is 1. The summed E-state index contributed by atoms with van der Waals surface area (Å²) < 4.78 is 5.72. The molecule has 1 amide bonds. The number of benzene rings is 2. The molecular formula is C23H29N3O4. The Hall–Kier alpha value is -2.93. The molecule has 2 N–H and O–H groups in total. The smallest absolute Gasteiger partial charge is 0.269 e. The van der Waals surface area contributed by atoms with Gasteiger partial charge < -0.3 is 15.4 Å². The van der Waals surface area contributed by atoms with Crippen molar-refractivity contribution in [2.45, 2.75) is 64.3 Å². The number of carbonyl (C=O) groups excluding carboxylic acids is 1. The summed E-state index contributed by atoms with van der Waals surface area (Å²) in [4.78, 5) is 23.0. The third kappa shape index (κ3) is 5.79. The van der Waals surface area contributed by atoms with Gasteiger partial charge >= 0.3 is 0 Å². The number of nitro groups is 1. The van der Waals surface area contributed by atoms with Crippen molar-refractivity contribution >= 4 is 11.6 Å². The minimum absolute atomic E-state index is 0.0325. The number of rotatable bonds is 6. The van der Waals surface area contributed by atoms with Gasteiger partial charge in [-0.15, -0.1) is 0 Å². The molecule has 0 bridgehead atoms. The topological polar surface area (TPSA) is 93.5 Å². The molecule has 0 aliphatic carbocycles. The van der Waals surface area contributed by atoms with Crippen LogP contribution in [0.3, 0.4) is 0 Å². The lowest BCUT2D eigenvalue weighted by Crippen LogP contribution is -2.62. The molecule has 0 spiro atoms. The number of piperidine rings is 1. The van der Waals surface area contributed by atoms with E-state index in [4.69, 9.17) is 4.74 Å². The van der Waals surface area contributed by atoms with E-state index in [0.717, 1.165) is 18.4 Å². The Bertz CT molecular complexity index is 889. The second kappa shape index (κ2) is 8.44. The highest BCUT2D eigenvalue weighted by molar-refractivity contribution is 5.94. The monoisotopic (exact) mass is 411 g/mol. The first kappa shape index (κ1) is 21.8. The van der Waals surface area contributed by atoms with Crippen LogP contribution in [0.25, 0.3) is 0 Å². The molecule has 0 radical (unpaired) electrons. The first-order valence-corrected chi connectivity index (χ1v) is 10.1. The van der Waals surface area contributed by atoms with Gasteiger partial charge in [-0.2, -0.15) is 0 Å². The number of nitro benzene ring substituents is 1. The van der Waals surface area contributed by atoms with E-state index in [1.54, 1.807) is 36.4 Å². The van der Waals surface area contributed by atoms with Gasteiger partial charge in [0.15, 0.2) is 0 Å². The molecule has 30 heavy (non-hydrogen) atoms. The molecule has 0 unspecified atom stereocenters. The van der Waals surface area contributed by atoms with Crippen molar-refractivity contribution in [2.24, 2.45) is 0 Å². The average Bonchev–Trinajstić information content (AvgIpc) is 2.64. The summed E-state index contributed by atoms with van der Waals surface area (Å²) >= 11 is 0. The molecule has 1 heterocycles. The molecule has 7 nitrogen and oxygen atoms in total. The van der Waals surface area contributed by atoms with Crippen LogP contribution < -0.4 is 15.4 Å². The van der Waals surface area contributed by atoms with Crippen LogP contribution in [0.5, 0.6) is 5.75 Å². The molecule has 0 aromatic heterocycles. The molecule has 3 rings (SSSR count). The van der Waals surface area contributed by atoms with Crippen molar-refractivity contribution in [1.82, 2.24) is 10.6 Å². The van der Waals surface area contributed by atoms with Gasteiger partial charge in [-0.3, -0.25) is 14.9 Å². The Balaban J connectivity index is 1.56. The van der Waals surface area contributed by atoms with Gasteiger partial charge in [-0.25, -0.2) is 0 Å². The highest BCUT2D eigenvalue weighted by Crippen LogP contribution is 2.28. The zero-order chi connectivity index (χ0) is 21.9. The quantitative estimate of drug-likeness (QED) is 0.548. The lowest BCUT2D eigenvalue weighted by Gasteiger charge is -2.46. The van der Waals surface area contributed by atoms with Crippen LogP contribution in [0.2, 0.25) is 0 Å². The Labute approximate surface area is 177 Å². The van der Waals surface area contributed by atoms with Gasteiger partial charge in [0.25, 0.3) is 11.6 Å². The van der Waals surface area contributed by atoms with E-state index in [1.165, 1.54) is 12.1 Å². The SMILES string of the molecule is CC1(C)CC(NC(=O)c2ccc(OCc3ccc([N+](=O)[O-])cc3)cc2)CC(C)(C)N1. The molecule has 1 saturated heterocycles. The third-order valence-electron chi connectivity index (χ3n) is 5.19. The van der Waals surface area contributed by atoms with E-state index in [9.17, 15) is 14.9 Å². The molecular weight excluding hydrogens is 382 g/mol. The maximum Gasteiger partial charge on any atom is 0.269 e. The van der Waals surface area contributed by atoms with E-state index in [2.05, 4.69) is 38.3 Å². The van der Waals surface area contributed by atoms with Crippen LogP contribution in [-0.4, -0.2) is 28.0 Å². The Kier molecular flexibility index (Phi) is 6.12. The second-order valence-electron chi connectivity index (χ2n) is 9.21. The molecule has 160 valence electrons. The highest BCUT2D eigenvalue weighted by atomic mass is 16.6. The van der Waals surface area contributed by atoms with Crippen molar-refractivity contribution in [2.75, 3.05) is 0 Å². The summed E-state index contributed by atoms with van der Waals surface area (Å²) in [6.07, 6.45) is 1.75.